The topological polar surface area (TPSA) is 55.2 Å². The lowest BCUT2D eigenvalue weighted by molar-refractivity contribution is -0.384. The highest BCUT2D eigenvalue weighted by molar-refractivity contribution is 7.99. The van der Waals surface area contributed by atoms with Crippen LogP contribution in [0.2, 0.25) is 0 Å². The summed E-state index contributed by atoms with van der Waals surface area (Å²) in [5.74, 6) is 2.27. The standard InChI is InChI=1S/C12H16N2O2S/c1-9-2-3-11(12(8-9)14(15)16)13-10-4-6-17-7-5-10/h2-3,8,10,13H,4-7H2,1H3. The monoisotopic (exact) mass is 252 g/mol. The van der Waals surface area contributed by atoms with Gasteiger partial charge in [-0.25, -0.2) is 0 Å². The summed E-state index contributed by atoms with van der Waals surface area (Å²) in [7, 11) is 0. The number of nitrogens with zero attached hydrogens (tertiary/aromatic N) is 1. The van der Waals surface area contributed by atoms with Gasteiger partial charge in [-0.3, -0.25) is 10.1 Å². The van der Waals surface area contributed by atoms with Gasteiger partial charge in [0.2, 0.25) is 0 Å². The second kappa shape index (κ2) is 5.40. The molecule has 92 valence electrons. The predicted molar refractivity (Wildman–Crippen MR) is 71.8 cm³/mol. The van der Waals surface area contributed by atoms with Crippen molar-refractivity contribution >= 4 is 23.1 Å². The number of benzene rings is 1. The van der Waals surface area contributed by atoms with Crippen LogP contribution in [0.1, 0.15) is 18.4 Å². The fourth-order valence-electron chi connectivity index (χ4n) is 1.98. The van der Waals surface area contributed by atoms with E-state index in [1.807, 2.05) is 30.8 Å². The van der Waals surface area contributed by atoms with Crippen LogP contribution in [-0.4, -0.2) is 22.5 Å². The van der Waals surface area contributed by atoms with Crippen molar-refractivity contribution in [2.24, 2.45) is 0 Å². The molecule has 0 aromatic heterocycles. The van der Waals surface area contributed by atoms with Gasteiger partial charge in [-0.15, -0.1) is 0 Å². The molecular formula is C12H16N2O2S. The molecule has 5 heteroatoms. The number of anilines is 1. The maximum absolute atomic E-state index is 11.0. The highest BCUT2D eigenvalue weighted by Crippen LogP contribution is 2.28. The summed E-state index contributed by atoms with van der Waals surface area (Å²) in [6.45, 7) is 1.87. The number of hydrogen-bond acceptors (Lipinski definition) is 4. The first kappa shape index (κ1) is 12.2. The molecule has 0 aliphatic carbocycles. The van der Waals surface area contributed by atoms with Crippen LogP contribution < -0.4 is 5.32 Å². The summed E-state index contributed by atoms with van der Waals surface area (Å²) in [6, 6.07) is 5.72. The Morgan fingerprint density at radius 3 is 2.76 bits per heavy atom. The number of thioether (sulfide) groups is 1. The molecule has 1 aliphatic heterocycles. The molecule has 17 heavy (non-hydrogen) atoms. The first-order chi connectivity index (χ1) is 8.16. The van der Waals surface area contributed by atoms with Crippen LogP contribution in [-0.2, 0) is 0 Å². The van der Waals surface area contributed by atoms with Gasteiger partial charge in [-0.1, -0.05) is 6.07 Å². The molecule has 1 aliphatic rings. The van der Waals surface area contributed by atoms with E-state index < -0.39 is 0 Å². The smallest absolute Gasteiger partial charge is 0.292 e. The average molecular weight is 252 g/mol. The van der Waals surface area contributed by atoms with E-state index >= 15 is 0 Å². The third kappa shape index (κ3) is 3.12. The number of hydrogen-bond donors (Lipinski definition) is 1. The molecular weight excluding hydrogens is 236 g/mol. The zero-order valence-electron chi connectivity index (χ0n) is 9.81. The first-order valence-corrected chi connectivity index (χ1v) is 6.91. The van der Waals surface area contributed by atoms with E-state index in [2.05, 4.69) is 5.32 Å². The minimum absolute atomic E-state index is 0.184. The SMILES string of the molecule is Cc1ccc(NC2CCSCC2)c([N+](=O)[O-])c1. The molecule has 1 saturated heterocycles. The molecule has 1 aromatic carbocycles. The van der Waals surface area contributed by atoms with Crippen LogP contribution in [0.3, 0.4) is 0 Å². The molecule has 1 N–H and O–H groups in total. The van der Waals surface area contributed by atoms with Crippen molar-refractivity contribution in [3.05, 3.63) is 33.9 Å². The fourth-order valence-corrected chi connectivity index (χ4v) is 3.08. The predicted octanol–water partition coefficient (Wildman–Crippen LogP) is 3.21. The van der Waals surface area contributed by atoms with Crippen molar-refractivity contribution in [2.75, 3.05) is 16.8 Å². The van der Waals surface area contributed by atoms with Crippen molar-refractivity contribution in [1.29, 1.82) is 0 Å². The molecule has 4 nitrogen and oxygen atoms in total. The summed E-state index contributed by atoms with van der Waals surface area (Å²) >= 11 is 1.95. The van der Waals surface area contributed by atoms with Crippen LogP contribution in [0, 0.1) is 17.0 Å². The van der Waals surface area contributed by atoms with Gasteiger partial charge < -0.3 is 5.32 Å². The van der Waals surface area contributed by atoms with Gasteiger partial charge in [0.05, 0.1) is 4.92 Å². The van der Waals surface area contributed by atoms with Crippen molar-refractivity contribution in [2.45, 2.75) is 25.8 Å². The number of nitro benzene ring substituents is 1. The highest BCUT2D eigenvalue weighted by atomic mass is 32.2. The second-order valence-electron chi connectivity index (χ2n) is 4.31. The summed E-state index contributed by atoms with van der Waals surface area (Å²) in [5.41, 5.74) is 1.75. The Labute approximate surface area is 105 Å². The Morgan fingerprint density at radius 1 is 1.41 bits per heavy atom. The lowest BCUT2D eigenvalue weighted by atomic mass is 10.1. The normalized spacial score (nSPS) is 16.8. The van der Waals surface area contributed by atoms with Crippen molar-refractivity contribution < 1.29 is 4.92 Å². The number of aryl methyl sites for hydroxylation is 1. The van der Waals surface area contributed by atoms with Crippen LogP contribution in [0.25, 0.3) is 0 Å². The first-order valence-electron chi connectivity index (χ1n) is 5.76. The van der Waals surface area contributed by atoms with E-state index in [-0.39, 0.29) is 10.6 Å². The Hall–Kier alpha value is -1.23. The van der Waals surface area contributed by atoms with Gasteiger partial charge in [-0.2, -0.15) is 11.8 Å². The minimum Gasteiger partial charge on any atom is -0.377 e. The Balaban J connectivity index is 2.16. The summed E-state index contributed by atoms with van der Waals surface area (Å²) in [6.07, 6.45) is 2.16. The van der Waals surface area contributed by atoms with Crippen molar-refractivity contribution in [3.8, 4) is 0 Å². The fraction of sp³-hybridized carbons (Fsp3) is 0.500. The van der Waals surface area contributed by atoms with Crippen molar-refractivity contribution in [1.82, 2.24) is 0 Å². The molecule has 1 heterocycles. The third-order valence-electron chi connectivity index (χ3n) is 2.93. The van der Waals surface area contributed by atoms with Gasteiger partial charge in [0.15, 0.2) is 0 Å². The van der Waals surface area contributed by atoms with Crippen LogP contribution >= 0.6 is 11.8 Å². The van der Waals surface area contributed by atoms with Crippen LogP contribution in [0.4, 0.5) is 11.4 Å². The van der Waals surface area contributed by atoms with Gasteiger partial charge >= 0.3 is 0 Å². The molecule has 1 fully saturated rings. The van der Waals surface area contributed by atoms with E-state index in [0.29, 0.717) is 11.7 Å². The summed E-state index contributed by atoms with van der Waals surface area (Å²) < 4.78 is 0. The number of nitro groups is 1. The van der Waals surface area contributed by atoms with Gasteiger partial charge in [0.1, 0.15) is 5.69 Å². The lowest BCUT2D eigenvalue weighted by Gasteiger charge is -2.23. The minimum atomic E-state index is -0.313. The zero-order chi connectivity index (χ0) is 12.3. The lowest BCUT2D eigenvalue weighted by Crippen LogP contribution is -2.24. The van der Waals surface area contributed by atoms with E-state index in [1.54, 1.807) is 6.07 Å². The van der Waals surface area contributed by atoms with E-state index in [0.717, 1.165) is 29.9 Å². The molecule has 2 rings (SSSR count). The molecule has 0 unspecified atom stereocenters. The van der Waals surface area contributed by atoms with Gasteiger partial charge in [0.25, 0.3) is 5.69 Å². The highest BCUT2D eigenvalue weighted by Gasteiger charge is 2.19. The number of rotatable bonds is 3. The Morgan fingerprint density at radius 2 is 2.12 bits per heavy atom. The quantitative estimate of drug-likeness (QED) is 0.663. The van der Waals surface area contributed by atoms with Crippen molar-refractivity contribution in [3.63, 3.8) is 0 Å². The second-order valence-corrected chi connectivity index (χ2v) is 5.53. The molecule has 0 atom stereocenters. The van der Waals surface area contributed by atoms with E-state index in [1.165, 1.54) is 0 Å². The molecule has 1 aromatic rings. The summed E-state index contributed by atoms with van der Waals surface area (Å²) in [4.78, 5) is 10.7. The number of nitrogens with one attached hydrogen (secondary N) is 1. The molecule has 0 saturated carbocycles. The van der Waals surface area contributed by atoms with Crippen LogP contribution in [0.15, 0.2) is 18.2 Å². The Bertz CT molecular complexity index is 417. The summed E-state index contributed by atoms with van der Waals surface area (Å²) in [5, 5.41) is 14.3. The molecule has 0 radical (unpaired) electrons. The maximum atomic E-state index is 11.0. The van der Waals surface area contributed by atoms with Gasteiger partial charge in [0, 0.05) is 12.1 Å². The Kier molecular flexibility index (Phi) is 3.89. The molecule has 0 spiro atoms. The molecule has 0 bridgehead atoms. The van der Waals surface area contributed by atoms with Crippen LogP contribution in [0.5, 0.6) is 0 Å². The maximum Gasteiger partial charge on any atom is 0.292 e. The average Bonchev–Trinajstić information content (AvgIpc) is 2.32. The van der Waals surface area contributed by atoms with E-state index in [4.69, 9.17) is 0 Å². The molecule has 0 amide bonds. The third-order valence-corrected chi connectivity index (χ3v) is 3.98. The largest absolute Gasteiger partial charge is 0.377 e. The van der Waals surface area contributed by atoms with Gasteiger partial charge in [-0.05, 0) is 42.9 Å². The van der Waals surface area contributed by atoms with E-state index in [9.17, 15) is 10.1 Å². The zero-order valence-corrected chi connectivity index (χ0v) is 10.6.